The Morgan fingerprint density at radius 2 is 1.87 bits per heavy atom. The molecule has 1 aromatic heterocycles. The molecule has 0 saturated carbocycles. The summed E-state index contributed by atoms with van der Waals surface area (Å²) in [6, 6.07) is 15.9. The minimum Gasteiger partial charge on any atom is -0.443 e. The first-order chi connectivity index (χ1) is 14.6. The molecule has 1 atom stereocenters. The first-order valence-electron chi connectivity index (χ1n) is 10.3. The lowest BCUT2D eigenvalue weighted by molar-refractivity contribution is 0.0540. The third-order valence-electron chi connectivity index (χ3n) is 5.42. The quantitative estimate of drug-likeness (QED) is 0.423. The molecule has 6 heteroatoms. The molecule has 1 aliphatic heterocycles. The molecule has 0 unspecified atom stereocenters. The van der Waals surface area contributed by atoms with E-state index in [9.17, 15) is 4.79 Å². The van der Waals surface area contributed by atoms with E-state index >= 15 is 0 Å². The number of ether oxygens (including phenoxy) is 1. The summed E-state index contributed by atoms with van der Waals surface area (Å²) in [5, 5.41) is 1.35. The SMILES string of the molecule is CN1Cc2c(Cl)cc(Cl)cc2[C@H](c2cccc(-c3cccn3C(=O)OC(C)(C)C)c2)C1. The normalized spacial score (nSPS) is 16.8. The molecule has 0 aliphatic carbocycles. The highest BCUT2D eigenvalue weighted by Gasteiger charge is 2.27. The third-order valence-corrected chi connectivity index (χ3v) is 5.97. The molecule has 0 radical (unpaired) electrons. The van der Waals surface area contributed by atoms with Crippen molar-refractivity contribution in [3.8, 4) is 11.3 Å². The van der Waals surface area contributed by atoms with Gasteiger partial charge in [-0.25, -0.2) is 4.79 Å². The van der Waals surface area contributed by atoms with Crippen LogP contribution in [0.5, 0.6) is 0 Å². The van der Waals surface area contributed by atoms with Crippen LogP contribution in [-0.4, -0.2) is 34.8 Å². The zero-order valence-electron chi connectivity index (χ0n) is 18.2. The van der Waals surface area contributed by atoms with Crippen LogP contribution >= 0.6 is 23.2 Å². The summed E-state index contributed by atoms with van der Waals surface area (Å²) in [5.74, 6) is 0.134. The Labute approximate surface area is 193 Å². The highest BCUT2D eigenvalue weighted by atomic mass is 35.5. The van der Waals surface area contributed by atoms with Crippen LogP contribution in [0.25, 0.3) is 11.3 Å². The summed E-state index contributed by atoms with van der Waals surface area (Å²) < 4.78 is 7.12. The van der Waals surface area contributed by atoms with E-state index in [1.807, 2.05) is 57.2 Å². The van der Waals surface area contributed by atoms with Crippen molar-refractivity contribution < 1.29 is 9.53 Å². The van der Waals surface area contributed by atoms with Crippen LogP contribution in [0.3, 0.4) is 0 Å². The molecule has 31 heavy (non-hydrogen) atoms. The molecule has 3 aromatic rings. The van der Waals surface area contributed by atoms with Gasteiger partial charge in [-0.1, -0.05) is 41.4 Å². The molecule has 2 aromatic carbocycles. The van der Waals surface area contributed by atoms with Gasteiger partial charge < -0.3 is 9.64 Å². The van der Waals surface area contributed by atoms with Gasteiger partial charge in [-0.3, -0.25) is 4.57 Å². The van der Waals surface area contributed by atoms with Gasteiger partial charge in [-0.15, -0.1) is 0 Å². The summed E-state index contributed by atoms with van der Waals surface area (Å²) >= 11 is 12.9. The predicted octanol–water partition coefficient (Wildman–Crippen LogP) is 6.82. The van der Waals surface area contributed by atoms with Crippen molar-refractivity contribution in [1.82, 2.24) is 9.47 Å². The van der Waals surface area contributed by atoms with Gasteiger partial charge in [-0.05, 0) is 80.4 Å². The molecule has 4 rings (SSSR count). The van der Waals surface area contributed by atoms with E-state index in [1.54, 1.807) is 10.8 Å². The summed E-state index contributed by atoms with van der Waals surface area (Å²) in [5.41, 5.74) is 4.62. The van der Waals surface area contributed by atoms with E-state index in [1.165, 1.54) is 0 Å². The van der Waals surface area contributed by atoms with Crippen molar-refractivity contribution >= 4 is 29.3 Å². The van der Waals surface area contributed by atoms with Crippen molar-refractivity contribution in [3.05, 3.63) is 81.5 Å². The number of halogens is 2. The van der Waals surface area contributed by atoms with Gasteiger partial charge >= 0.3 is 6.09 Å². The van der Waals surface area contributed by atoms with E-state index < -0.39 is 5.60 Å². The molecular formula is C25H26Cl2N2O2. The number of hydrogen-bond donors (Lipinski definition) is 0. The number of fused-ring (bicyclic) bond motifs is 1. The van der Waals surface area contributed by atoms with Crippen molar-refractivity contribution in [2.24, 2.45) is 0 Å². The van der Waals surface area contributed by atoms with Crippen LogP contribution in [0.1, 0.15) is 43.4 Å². The molecule has 0 saturated heterocycles. The molecule has 2 heterocycles. The maximum atomic E-state index is 12.7. The smallest absolute Gasteiger partial charge is 0.418 e. The van der Waals surface area contributed by atoms with Gasteiger partial charge in [0, 0.05) is 35.2 Å². The molecule has 1 aliphatic rings. The Morgan fingerprint density at radius 1 is 1.10 bits per heavy atom. The standard InChI is InChI=1S/C25H26Cl2N2O2/c1-25(2,3)31-24(30)29-10-6-9-23(29)17-8-5-7-16(11-17)20-14-28(4)15-21-19(20)12-18(26)13-22(21)27/h5-13,20H,14-15H2,1-4H3/t20-/m0/s1. The summed E-state index contributed by atoms with van der Waals surface area (Å²) in [7, 11) is 2.10. The topological polar surface area (TPSA) is 34.5 Å². The monoisotopic (exact) mass is 456 g/mol. The molecule has 0 fully saturated rings. The van der Waals surface area contributed by atoms with Crippen LogP contribution < -0.4 is 0 Å². The molecule has 0 N–H and O–H groups in total. The second kappa shape index (κ2) is 8.34. The largest absolute Gasteiger partial charge is 0.443 e. The highest BCUT2D eigenvalue weighted by molar-refractivity contribution is 6.35. The lowest BCUT2D eigenvalue weighted by Crippen LogP contribution is -2.31. The van der Waals surface area contributed by atoms with Crippen LogP contribution in [0.15, 0.2) is 54.7 Å². The molecule has 4 nitrogen and oxygen atoms in total. The second-order valence-electron chi connectivity index (χ2n) is 9.07. The molecule has 162 valence electrons. The van der Waals surface area contributed by atoms with Crippen molar-refractivity contribution in [1.29, 1.82) is 0 Å². The second-order valence-corrected chi connectivity index (χ2v) is 9.92. The first kappa shape index (κ1) is 21.9. The fourth-order valence-electron chi connectivity index (χ4n) is 4.13. The van der Waals surface area contributed by atoms with Crippen LogP contribution in [-0.2, 0) is 11.3 Å². The van der Waals surface area contributed by atoms with Gasteiger partial charge in [0.2, 0.25) is 0 Å². The average Bonchev–Trinajstić information content (AvgIpc) is 3.17. The van der Waals surface area contributed by atoms with Gasteiger partial charge in [-0.2, -0.15) is 0 Å². The minimum absolute atomic E-state index is 0.134. The minimum atomic E-state index is -0.560. The number of nitrogens with zero attached hydrogens (tertiary/aromatic N) is 2. The van der Waals surface area contributed by atoms with Crippen molar-refractivity contribution in [2.45, 2.75) is 38.8 Å². The number of carbonyl (C=O) groups excluding carboxylic acids is 1. The third kappa shape index (κ3) is 4.67. The van der Waals surface area contributed by atoms with Gasteiger partial charge in [0.1, 0.15) is 5.60 Å². The lowest BCUT2D eigenvalue weighted by atomic mass is 9.84. The lowest BCUT2D eigenvalue weighted by Gasteiger charge is -2.33. The Balaban J connectivity index is 1.74. The van der Waals surface area contributed by atoms with Gasteiger partial charge in [0.05, 0.1) is 5.69 Å². The molecule has 0 spiro atoms. The summed E-state index contributed by atoms with van der Waals surface area (Å²) in [6.07, 6.45) is 1.35. The molecule has 0 bridgehead atoms. The fraction of sp³-hybridized carbons (Fsp3) is 0.320. The number of benzene rings is 2. The number of aromatic nitrogens is 1. The summed E-state index contributed by atoms with van der Waals surface area (Å²) in [4.78, 5) is 15.0. The Bertz CT molecular complexity index is 1130. The number of rotatable bonds is 2. The first-order valence-corrected chi connectivity index (χ1v) is 11.1. The van der Waals surface area contributed by atoms with E-state index in [0.29, 0.717) is 10.0 Å². The zero-order chi connectivity index (χ0) is 22.3. The fourth-order valence-corrected chi connectivity index (χ4v) is 4.70. The average molecular weight is 457 g/mol. The van der Waals surface area contributed by atoms with E-state index in [2.05, 4.69) is 24.1 Å². The van der Waals surface area contributed by atoms with Crippen LogP contribution in [0.2, 0.25) is 10.0 Å². The maximum Gasteiger partial charge on any atom is 0.418 e. The number of likely N-dealkylation sites (N-methyl/N-ethyl adjacent to an activating group) is 1. The molecular weight excluding hydrogens is 431 g/mol. The Morgan fingerprint density at radius 3 is 2.61 bits per heavy atom. The number of carbonyl (C=O) groups is 1. The van der Waals surface area contributed by atoms with Gasteiger partial charge in [0.25, 0.3) is 0 Å². The van der Waals surface area contributed by atoms with E-state index in [-0.39, 0.29) is 12.0 Å². The Kier molecular flexibility index (Phi) is 5.91. The van der Waals surface area contributed by atoms with Crippen LogP contribution in [0.4, 0.5) is 4.79 Å². The van der Waals surface area contributed by atoms with Crippen molar-refractivity contribution in [3.63, 3.8) is 0 Å². The number of hydrogen-bond acceptors (Lipinski definition) is 3. The Hall–Kier alpha value is -2.27. The zero-order valence-corrected chi connectivity index (χ0v) is 19.7. The van der Waals surface area contributed by atoms with E-state index in [0.717, 1.165) is 41.0 Å². The predicted molar refractivity (Wildman–Crippen MR) is 126 cm³/mol. The highest BCUT2D eigenvalue weighted by Crippen LogP contribution is 2.39. The van der Waals surface area contributed by atoms with E-state index in [4.69, 9.17) is 27.9 Å². The maximum absolute atomic E-state index is 12.7. The van der Waals surface area contributed by atoms with Crippen LogP contribution in [0, 0.1) is 0 Å². The van der Waals surface area contributed by atoms with Crippen molar-refractivity contribution in [2.75, 3.05) is 13.6 Å². The van der Waals surface area contributed by atoms with Gasteiger partial charge in [0.15, 0.2) is 0 Å². The molecule has 0 amide bonds. The summed E-state index contributed by atoms with van der Waals surface area (Å²) in [6.45, 7) is 7.25.